The zero-order valence-electron chi connectivity index (χ0n) is 10.3. The van der Waals surface area contributed by atoms with Gasteiger partial charge in [-0.1, -0.05) is 23.2 Å². The van der Waals surface area contributed by atoms with Crippen molar-refractivity contribution < 1.29 is 9.53 Å². The van der Waals surface area contributed by atoms with E-state index in [-0.39, 0.29) is 18.5 Å². The number of nitrogens with one attached hydrogen (secondary N) is 2. The van der Waals surface area contributed by atoms with Crippen LogP contribution in [0.4, 0.5) is 5.69 Å². The minimum atomic E-state index is -0.115. The lowest BCUT2D eigenvalue weighted by Crippen LogP contribution is -2.39. The van der Waals surface area contributed by atoms with Gasteiger partial charge >= 0.3 is 0 Å². The zero-order valence-corrected chi connectivity index (χ0v) is 11.8. The summed E-state index contributed by atoms with van der Waals surface area (Å²) in [7, 11) is 1.59. The Morgan fingerprint density at radius 3 is 2.50 bits per heavy atom. The number of amides is 1. The van der Waals surface area contributed by atoms with Gasteiger partial charge in [-0.05, 0) is 25.1 Å². The molecule has 6 heteroatoms. The van der Waals surface area contributed by atoms with Crippen molar-refractivity contribution in [3.63, 3.8) is 0 Å². The van der Waals surface area contributed by atoms with Crippen molar-refractivity contribution in [2.45, 2.75) is 13.0 Å². The molecule has 1 aromatic rings. The summed E-state index contributed by atoms with van der Waals surface area (Å²) in [5, 5.41) is 6.79. The molecule has 1 atom stereocenters. The van der Waals surface area contributed by atoms with Gasteiger partial charge in [-0.25, -0.2) is 0 Å². The Morgan fingerprint density at radius 2 is 1.94 bits per heavy atom. The summed E-state index contributed by atoms with van der Waals surface area (Å²) in [6, 6.07) is 5.03. The molecular weight excluding hydrogens is 275 g/mol. The fraction of sp³-hybridized carbons (Fsp3) is 0.417. The van der Waals surface area contributed by atoms with Crippen molar-refractivity contribution in [2.24, 2.45) is 0 Å². The molecule has 0 fully saturated rings. The molecule has 4 nitrogen and oxygen atoms in total. The molecule has 1 aromatic carbocycles. The summed E-state index contributed by atoms with van der Waals surface area (Å²) in [6.07, 6.45) is 0. The fourth-order valence-corrected chi connectivity index (χ4v) is 1.98. The van der Waals surface area contributed by atoms with Crippen LogP contribution >= 0.6 is 23.2 Å². The number of halogens is 2. The first-order valence-electron chi connectivity index (χ1n) is 5.49. The molecule has 100 valence electrons. The number of ether oxygens (including phenoxy) is 1. The van der Waals surface area contributed by atoms with Crippen LogP contribution in [0.5, 0.6) is 0 Å². The smallest absolute Gasteiger partial charge is 0.239 e. The molecule has 0 bridgehead atoms. The van der Waals surface area contributed by atoms with Gasteiger partial charge in [0.25, 0.3) is 0 Å². The lowest BCUT2D eigenvalue weighted by Gasteiger charge is -2.13. The molecule has 0 aromatic heterocycles. The Balaban J connectivity index is 2.42. The highest BCUT2D eigenvalue weighted by molar-refractivity contribution is 6.35. The second-order valence-electron chi connectivity index (χ2n) is 3.94. The highest BCUT2D eigenvalue weighted by atomic mass is 35.5. The van der Waals surface area contributed by atoms with Crippen LogP contribution < -0.4 is 10.6 Å². The van der Waals surface area contributed by atoms with E-state index >= 15 is 0 Å². The highest BCUT2D eigenvalue weighted by Gasteiger charge is 2.07. The molecule has 0 aliphatic heterocycles. The van der Waals surface area contributed by atoms with Crippen molar-refractivity contribution in [3.8, 4) is 0 Å². The van der Waals surface area contributed by atoms with Gasteiger partial charge in [0.05, 0.1) is 13.2 Å². The summed E-state index contributed by atoms with van der Waals surface area (Å²) in [6.45, 7) is 2.51. The van der Waals surface area contributed by atoms with Crippen LogP contribution in [0.25, 0.3) is 0 Å². The Hall–Kier alpha value is -0.970. The van der Waals surface area contributed by atoms with Crippen molar-refractivity contribution in [3.05, 3.63) is 28.2 Å². The van der Waals surface area contributed by atoms with E-state index in [0.29, 0.717) is 22.3 Å². The second-order valence-corrected chi connectivity index (χ2v) is 4.81. The van der Waals surface area contributed by atoms with Crippen LogP contribution in [-0.2, 0) is 9.53 Å². The number of benzene rings is 1. The number of hydrogen-bond donors (Lipinski definition) is 2. The summed E-state index contributed by atoms with van der Waals surface area (Å²) in [5.41, 5.74) is 0.710. The first-order chi connectivity index (χ1) is 8.51. The third-order valence-electron chi connectivity index (χ3n) is 2.14. The Labute approximate surface area is 117 Å². The largest absolute Gasteiger partial charge is 0.383 e. The topological polar surface area (TPSA) is 50.4 Å². The van der Waals surface area contributed by atoms with Gasteiger partial charge in [0.15, 0.2) is 0 Å². The second kappa shape index (κ2) is 7.46. The summed E-state index contributed by atoms with van der Waals surface area (Å²) < 4.78 is 4.93. The van der Waals surface area contributed by atoms with Crippen LogP contribution in [0.1, 0.15) is 6.92 Å². The average molecular weight is 291 g/mol. The van der Waals surface area contributed by atoms with Crippen LogP contribution in [0.2, 0.25) is 10.0 Å². The third-order valence-corrected chi connectivity index (χ3v) is 2.58. The molecule has 0 heterocycles. The number of rotatable bonds is 6. The maximum atomic E-state index is 11.6. The molecule has 2 N–H and O–H groups in total. The van der Waals surface area contributed by atoms with Gasteiger partial charge in [0.2, 0.25) is 5.91 Å². The molecule has 0 spiro atoms. The predicted molar refractivity (Wildman–Crippen MR) is 74.4 cm³/mol. The maximum Gasteiger partial charge on any atom is 0.239 e. The average Bonchev–Trinajstić information content (AvgIpc) is 2.25. The van der Waals surface area contributed by atoms with Crippen molar-refractivity contribution in [1.29, 1.82) is 0 Å². The molecule has 0 saturated heterocycles. The van der Waals surface area contributed by atoms with Gasteiger partial charge < -0.3 is 15.4 Å². The van der Waals surface area contributed by atoms with Gasteiger partial charge in [0, 0.05) is 28.9 Å². The minimum Gasteiger partial charge on any atom is -0.383 e. The van der Waals surface area contributed by atoms with E-state index in [1.54, 1.807) is 25.3 Å². The molecular formula is C12H16Cl2N2O2. The van der Waals surface area contributed by atoms with E-state index in [2.05, 4.69) is 10.6 Å². The third kappa shape index (κ3) is 5.58. The fourth-order valence-electron chi connectivity index (χ4n) is 1.46. The normalized spacial score (nSPS) is 12.0. The Kier molecular flexibility index (Phi) is 6.25. The van der Waals surface area contributed by atoms with E-state index in [4.69, 9.17) is 27.9 Å². The van der Waals surface area contributed by atoms with E-state index in [1.165, 1.54) is 0 Å². The lowest BCUT2D eigenvalue weighted by molar-refractivity contribution is -0.120. The van der Waals surface area contributed by atoms with Gasteiger partial charge in [-0.3, -0.25) is 4.79 Å². The summed E-state index contributed by atoms with van der Waals surface area (Å²) in [4.78, 5) is 11.6. The van der Waals surface area contributed by atoms with Gasteiger partial charge in [-0.2, -0.15) is 0 Å². The highest BCUT2D eigenvalue weighted by Crippen LogP contribution is 2.22. The number of methoxy groups -OCH3 is 1. The standard InChI is InChI=1S/C12H16Cl2N2O2/c1-8(7-18-2)16-12(17)6-15-11-4-9(13)3-10(14)5-11/h3-5,8,15H,6-7H2,1-2H3,(H,16,17)/t8-/m0/s1. The van der Waals surface area contributed by atoms with E-state index < -0.39 is 0 Å². The molecule has 0 saturated carbocycles. The maximum absolute atomic E-state index is 11.6. The van der Waals surface area contributed by atoms with Crippen LogP contribution in [0.3, 0.4) is 0 Å². The van der Waals surface area contributed by atoms with Crippen LogP contribution in [0, 0.1) is 0 Å². The van der Waals surface area contributed by atoms with Crippen molar-refractivity contribution in [1.82, 2.24) is 5.32 Å². The molecule has 0 aliphatic carbocycles. The molecule has 0 unspecified atom stereocenters. The molecule has 1 amide bonds. The number of anilines is 1. The quantitative estimate of drug-likeness (QED) is 0.847. The Morgan fingerprint density at radius 1 is 1.33 bits per heavy atom. The number of carbonyl (C=O) groups excluding carboxylic acids is 1. The predicted octanol–water partition coefficient (Wildman–Crippen LogP) is 2.56. The summed E-state index contributed by atoms with van der Waals surface area (Å²) in [5.74, 6) is -0.115. The van der Waals surface area contributed by atoms with Crippen molar-refractivity contribution in [2.75, 3.05) is 25.6 Å². The first kappa shape index (κ1) is 15.1. The monoisotopic (exact) mass is 290 g/mol. The van der Waals surface area contributed by atoms with Crippen LogP contribution in [0.15, 0.2) is 18.2 Å². The molecule has 1 rings (SSSR count). The Bertz CT molecular complexity index is 393. The number of hydrogen-bond acceptors (Lipinski definition) is 3. The van der Waals surface area contributed by atoms with E-state index in [0.717, 1.165) is 0 Å². The SMILES string of the molecule is COC[C@H](C)NC(=O)CNc1cc(Cl)cc(Cl)c1. The minimum absolute atomic E-state index is 0.0211. The lowest BCUT2D eigenvalue weighted by atomic mass is 10.3. The zero-order chi connectivity index (χ0) is 13.5. The first-order valence-corrected chi connectivity index (χ1v) is 6.25. The number of carbonyl (C=O) groups is 1. The van der Waals surface area contributed by atoms with Gasteiger partial charge in [-0.15, -0.1) is 0 Å². The van der Waals surface area contributed by atoms with E-state index in [9.17, 15) is 4.79 Å². The van der Waals surface area contributed by atoms with Crippen molar-refractivity contribution >= 4 is 34.8 Å². The van der Waals surface area contributed by atoms with Gasteiger partial charge in [0.1, 0.15) is 0 Å². The molecule has 0 aliphatic rings. The summed E-state index contributed by atoms with van der Waals surface area (Å²) >= 11 is 11.7. The molecule has 18 heavy (non-hydrogen) atoms. The van der Waals surface area contributed by atoms with E-state index in [1.807, 2.05) is 6.92 Å². The molecule has 0 radical (unpaired) electrons. The van der Waals surface area contributed by atoms with Crippen LogP contribution in [-0.4, -0.2) is 32.2 Å².